The molecule has 0 aromatic heterocycles. The van der Waals surface area contributed by atoms with Crippen molar-refractivity contribution in [2.45, 2.75) is 124 Å². The summed E-state index contributed by atoms with van der Waals surface area (Å²) in [7, 11) is 0. The Morgan fingerprint density at radius 1 is 0.591 bits per heavy atom. The predicted octanol–water partition coefficient (Wildman–Crippen LogP) is 7.20. The number of hydrogen-bond acceptors (Lipinski definition) is 1. The molecular weight excluding hydrogens is 266 g/mol. The third kappa shape index (κ3) is 9.87. The molecule has 0 fully saturated rings. The molecule has 22 heavy (non-hydrogen) atoms. The monoisotopic (exact) mass is 311 g/mol. The van der Waals surface area contributed by atoms with Crippen LogP contribution in [0.3, 0.4) is 0 Å². The lowest BCUT2D eigenvalue weighted by atomic mass is 9.86. The van der Waals surface area contributed by atoms with E-state index in [1.54, 1.807) is 0 Å². The second-order valence-electron chi connectivity index (χ2n) is 7.41. The standard InChI is InChI=1S/C21H45N/c1-6-10-13-15-17-19-21(5,18-16-14-11-7-2)22(9-4)20-12-8-3/h6-20H2,1-5H3. The van der Waals surface area contributed by atoms with Crippen LogP contribution in [0.2, 0.25) is 0 Å². The van der Waals surface area contributed by atoms with Crippen LogP contribution in [-0.2, 0) is 0 Å². The van der Waals surface area contributed by atoms with Crippen molar-refractivity contribution in [2.24, 2.45) is 0 Å². The Hall–Kier alpha value is -0.0400. The highest BCUT2D eigenvalue weighted by atomic mass is 15.2. The third-order valence-electron chi connectivity index (χ3n) is 5.31. The number of rotatable bonds is 16. The van der Waals surface area contributed by atoms with Crippen LogP contribution in [-0.4, -0.2) is 23.5 Å². The van der Waals surface area contributed by atoms with Crippen LogP contribution in [0.15, 0.2) is 0 Å². The van der Waals surface area contributed by atoms with Crippen LogP contribution in [0.5, 0.6) is 0 Å². The maximum Gasteiger partial charge on any atom is 0.0181 e. The average molecular weight is 312 g/mol. The van der Waals surface area contributed by atoms with Crippen LogP contribution in [0.25, 0.3) is 0 Å². The van der Waals surface area contributed by atoms with Crippen molar-refractivity contribution >= 4 is 0 Å². The molecule has 0 spiro atoms. The molecule has 0 aromatic carbocycles. The second-order valence-corrected chi connectivity index (χ2v) is 7.41. The summed E-state index contributed by atoms with van der Waals surface area (Å²) in [6.45, 7) is 14.4. The molecule has 0 aromatic rings. The minimum absolute atomic E-state index is 0.448. The van der Waals surface area contributed by atoms with E-state index in [2.05, 4.69) is 39.5 Å². The third-order valence-corrected chi connectivity index (χ3v) is 5.31. The quantitative estimate of drug-likeness (QED) is 0.272. The highest BCUT2D eigenvalue weighted by Crippen LogP contribution is 2.29. The molecule has 0 N–H and O–H groups in total. The van der Waals surface area contributed by atoms with Crippen molar-refractivity contribution in [3.8, 4) is 0 Å². The molecular formula is C21H45N. The summed E-state index contributed by atoms with van der Waals surface area (Å²) in [5.74, 6) is 0. The molecule has 0 bridgehead atoms. The molecule has 0 rings (SSSR count). The van der Waals surface area contributed by atoms with Crippen molar-refractivity contribution in [1.29, 1.82) is 0 Å². The number of hydrogen-bond donors (Lipinski definition) is 0. The van der Waals surface area contributed by atoms with E-state index in [4.69, 9.17) is 0 Å². The first-order chi connectivity index (χ1) is 10.6. The Balaban J connectivity index is 4.42. The molecule has 0 saturated carbocycles. The maximum atomic E-state index is 2.79. The van der Waals surface area contributed by atoms with Gasteiger partial charge in [0.25, 0.3) is 0 Å². The summed E-state index contributed by atoms with van der Waals surface area (Å²) >= 11 is 0. The van der Waals surface area contributed by atoms with Crippen LogP contribution >= 0.6 is 0 Å². The highest BCUT2D eigenvalue weighted by molar-refractivity contribution is 4.86. The van der Waals surface area contributed by atoms with Crippen LogP contribution in [0.4, 0.5) is 0 Å². The van der Waals surface area contributed by atoms with Crippen molar-refractivity contribution in [3.63, 3.8) is 0 Å². The molecule has 1 heteroatoms. The van der Waals surface area contributed by atoms with Gasteiger partial charge < -0.3 is 0 Å². The largest absolute Gasteiger partial charge is 0.298 e. The first kappa shape index (κ1) is 22.0. The SMILES string of the molecule is CCCCCCCC(C)(CCCCCC)N(CC)CCCC. The van der Waals surface area contributed by atoms with Gasteiger partial charge in [0.05, 0.1) is 0 Å². The van der Waals surface area contributed by atoms with Crippen molar-refractivity contribution in [3.05, 3.63) is 0 Å². The van der Waals surface area contributed by atoms with Crippen molar-refractivity contribution < 1.29 is 0 Å². The first-order valence-corrected chi connectivity index (χ1v) is 10.4. The van der Waals surface area contributed by atoms with E-state index in [0.29, 0.717) is 5.54 Å². The summed E-state index contributed by atoms with van der Waals surface area (Å²) in [5, 5.41) is 0. The fourth-order valence-corrected chi connectivity index (χ4v) is 3.64. The molecule has 0 radical (unpaired) electrons. The maximum absolute atomic E-state index is 2.79. The summed E-state index contributed by atoms with van der Waals surface area (Å²) < 4.78 is 0. The van der Waals surface area contributed by atoms with Gasteiger partial charge in [-0.3, -0.25) is 4.90 Å². The molecule has 0 aliphatic heterocycles. The Morgan fingerprint density at radius 2 is 1.05 bits per heavy atom. The summed E-state index contributed by atoms with van der Waals surface area (Å²) in [6.07, 6.45) is 18.1. The van der Waals surface area contributed by atoms with Gasteiger partial charge in [0.2, 0.25) is 0 Å². The molecule has 1 nitrogen and oxygen atoms in total. The fraction of sp³-hybridized carbons (Fsp3) is 1.00. The van der Waals surface area contributed by atoms with Crippen LogP contribution in [0, 0.1) is 0 Å². The lowest BCUT2D eigenvalue weighted by molar-refractivity contribution is 0.0838. The van der Waals surface area contributed by atoms with E-state index in [1.807, 2.05) is 0 Å². The second kappa shape index (κ2) is 14.5. The van der Waals surface area contributed by atoms with E-state index in [9.17, 15) is 0 Å². The minimum Gasteiger partial charge on any atom is -0.298 e. The van der Waals surface area contributed by atoms with Crippen LogP contribution < -0.4 is 0 Å². The average Bonchev–Trinajstić information content (AvgIpc) is 2.52. The van der Waals surface area contributed by atoms with Gasteiger partial charge in [0.1, 0.15) is 0 Å². The predicted molar refractivity (Wildman–Crippen MR) is 103 cm³/mol. The normalized spacial score (nSPS) is 14.5. The highest BCUT2D eigenvalue weighted by Gasteiger charge is 2.29. The van der Waals surface area contributed by atoms with E-state index in [-0.39, 0.29) is 0 Å². The first-order valence-electron chi connectivity index (χ1n) is 10.4. The molecule has 0 aliphatic rings. The van der Waals surface area contributed by atoms with Gasteiger partial charge in [-0.1, -0.05) is 91.9 Å². The van der Waals surface area contributed by atoms with Crippen molar-refractivity contribution in [1.82, 2.24) is 4.90 Å². The molecule has 0 saturated heterocycles. The van der Waals surface area contributed by atoms with E-state index in [0.717, 1.165) is 0 Å². The van der Waals surface area contributed by atoms with E-state index in [1.165, 1.54) is 96.6 Å². The Bertz CT molecular complexity index is 226. The Labute approximate surface area is 142 Å². The van der Waals surface area contributed by atoms with Gasteiger partial charge in [0, 0.05) is 5.54 Å². The topological polar surface area (TPSA) is 3.24 Å². The van der Waals surface area contributed by atoms with Gasteiger partial charge in [-0.05, 0) is 39.3 Å². The van der Waals surface area contributed by atoms with E-state index < -0.39 is 0 Å². The zero-order valence-corrected chi connectivity index (χ0v) is 16.6. The Morgan fingerprint density at radius 3 is 1.50 bits per heavy atom. The van der Waals surface area contributed by atoms with Crippen molar-refractivity contribution in [2.75, 3.05) is 13.1 Å². The summed E-state index contributed by atoms with van der Waals surface area (Å²) in [6, 6.07) is 0. The van der Waals surface area contributed by atoms with Gasteiger partial charge in [-0.2, -0.15) is 0 Å². The molecule has 134 valence electrons. The zero-order chi connectivity index (χ0) is 16.7. The fourth-order valence-electron chi connectivity index (χ4n) is 3.64. The molecule has 1 atom stereocenters. The minimum atomic E-state index is 0.448. The molecule has 0 amide bonds. The lowest BCUT2D eigenvalue weighted by Crippen LogP contribution is -2.46. The summed E-state index contributed by atoms with van der Waals surface area (Å²) in [5.41, 5.74) is 0.448. The Kier molecular flexibility index (Phi) is 14.5. The number of nitrogens with zero attached hydrogens (tertiary/aromatic N) is 1. The van der Waals surface area contributed by atoms with Gasteiger partial charge >= 0.3 is 0 Å². The van der Waals surface area contributed by atoms with E-state index >= 15 is 0 Å². The summed E-state index contributed by atoms with van der Waals surface area (Å²) in [4.78, 5) is 2.79. The molecule has 0 aliphatic carbocycles. The molecule has 0 heterocycles. The molecule has 1 unspecified atom stereocenters. The van der Waals surface area contributed by atoms with Gasteiger partial charge in [-0.15, -0.1) is 0 Å². The number of unbranched alkanes of at least 4 members (excludes halogenated alkanes) is 8. The lowest BCUT2D eigenvalue weighted by Gasteiger charge is -2.42. The van der Waals surface area contributed by atoms with Gasteiger partial charge in [-0.25, -0.2) is 0 Å². The zero-order valence-electron chi connectivity index (χ0n) is 16.6. The van der Waals surface area contributed by atoms with Gasteiger partial charge in [0.15, 0.2) is 0 Å². The smallest absolute Gasteiger partial charge is 0.0181 e. The van der Waals surface area contributed by atoms with Crippen LogP contribution in [0.1, 0.15) is 118 Å².